The summed E-state index contributed by atoms with van der Waals surface area (Å²) in [5, 5.41) is 0. The molecule has 2 aromatic carbocycles. The molecule has 0 aliphatic heterocycles. The molecule has 0 N–H and O–H groups in total. The van der Waals surface area contributed by atoms with E-state index in [1.807, 2.05) is 43.3 Å². The molecule has 0 bridgehead atoms. The maximum Gasteiger partial charge on any atom is 0.339 e. The zero-order valence-electron chi connectivity index (χ0n) is 14.7. The van der Waals surface area contributed by atoms with Crippen LogP contribution in [0.5, 0.6) is 0 Å². The first-order chi connectivity index (χ1) is 12.1. The molecule has 0 spiro atoms. The fourth-order valence-electron chi connectivity index (χ4n) is 2.46. The first kappa shape index (κ1) is 18.5. The Morgan fingerprint density at radius 3 is 2.28 bits per heavy atom. The molecule has 25 heavy (non-hydrogen) atoms. The third-order valence-electron chi connectivity index (χ3n) is 3.62. The summed E-state index contributed by atoms with van der Waals surface area (Å²) in [4.78, 5) is 24.1. The molecule has 4 heteroatoms. The topological polar surface area (TPSA) is 52.6 Å². The highest BCUT2D eigenvalue weighted by molar-refractivity contribution is 6.02. The molecule has 0 aliphatic carbocycles. The fraction of sp³-hybridized carbons (Fsp3) is 0.238. The average molecular weight is 338 g/mol. The molecule has 0 saturated carbocycles. The van der Waals surface area contributed by atoms with Crippen molar-refractivity contribution >= 4 is 18.0 Å². The predicted octanol–water partition coefficient (Wildman–Crippen LogP) is 4.42. The molecule has 2 aromatic rings. The fourth-order valence-corrected chi connectivity index (χ4v) is 2.46. The number of hydrogen-bond acceptors (Lipinski definition) is 4. The number of hydrogen-bond donors (Lipinski definition) is 0. The number of ether oxygens (including phenoxy) is 2. The van der Waals surface area contributed by atoms with E-state index in [0.29, 0.717) is 17.7 Å². The van der Waals surface area contributed by atoms with Gasteiger partial charge in [0, 0.05) is 6.08 Å². The van der Waals surface area contributed by atoms with E-state index in [0.717, 1.165) is 16.7 Å². The van der Waals surface area contributed by atoms with Crippen molar-refractivity contribution in [3.8, 4) is 11.1 Å². The van der Waals surface area contributed by atoms with E-state index in [1.165, 1.54) is 6.08 Å². The Morgan fingerprint density at radius 1 is 0.960 bits per heavy atom. The molecule has 0 radical (unpaired) electrons. The highest BCUT2D eigenvalue weighted by Gasteiger charge is 2.17. The monoisotopic (exact) mass is 338 g/mol. The smallest absolute Gasteiger partial charge is 0.339 e. The van der Waals surface area contributed by atoms with Crippen molar-refractivity contribution in [3.63, 3.8) is 0 Å². The molecule has 0 amide bonds. The minimum atomic E-state index is -0.446. The number of aryl methyl sites for hydroxylation is 1. The van der Waals surface area contributed by atoms with Crippen molar-refractivity contribution in [2.45, 2.75) is 20.8 Å². The third-order valence-corrected chi connectivity index (χ3v) is 3.62. The second-order valence-electron chi connectivity index (χ2n) is 5.44. The molecule has 0 saturated heterocycles. The van der Waals surface area contributed by atoms with Gasteiger partial charge in [-0.15, -0.1) is 0 Å². The molecule has 0 atom stereocenters. The van der Waals surface area contributed by atoms with Crippen LogP contribution < -0.4 is 0 Å². The predicted molar refractivity (Wildman–Crippen MR) is 98.2 cm³/mol. The average Bonchev–Trinajstić information content (AvgIpc) is 2.60. The zero-order chi connectivity index (χ0) is 18.2. The second-order valence-corrected chi connectivity index (χ2v) is 5.44. The molecule has 0 unspecified atom stereocenters. The normalized spacial score (nSPS) is 10.7. The minimum Gasteiger partial charge on any atom is -0.463 e. The van der Waals surface area contributed by atoms with Gasteiger partial charge >= 0.3 is 11.9 Å². The van der Waals surface area contributed by atoms with Gasteiger partial charge in [0.1, 0.15) is 0 Å². The summed E-state index contributed by atoms with van der Waals surface area (Å²) in [6.07, 6.45) is 2.91. The maximum atomic E-state index is 12.5. The lowest BCUT2D eigenvalue weighted by Gasteiger charge is -2.12. The van der Waals surface area contributed by atoms with E-state index in [4.69, 9.17) is 9.47 Å². The first-order valence-corrected chi connectivity index (χ1v) is 8.28. The van der Waals surface area contributed by atoms with E-state index in [-0.39, 0.29) is 6.61 Å². The summed E-state index contributed by atoms with van der Waals surface area (Å²) >= 11 is 0. The van der Waals surface area contributed by atoms with Gasteiger partial charge in [-0.3, -0.25) is 0 Å². The molecule has 0 aliphatic rings. The van der Waals surface area contributed by atoms with E-state index < -0.39 is 11.9 Å². The Bertz CT molecular complexity index is 773. The lowest BCUT2D eigenvalue weighted by molar-refractivity contribution is -0.137. The largest absolute Gasteiger partial charge is 0.463 e. The van der Waals surface area contributed by atoms with E-state index >= 15 is 0 Å². The van der Waals surface area contributed by atoms with Crippen LogP contribution in [0.4, 0.5) is 0 Å². The Hall–Kier alpha value is -2.88. The van der Waals surface area contributed by atoms with Gasteiger partial charge in [-0.25, -0.2) is 9.59 Å². The highest BCUT2D eigenvalue weighted by Crippen LogP contribution is 2.28. The van der Waals surface area contributed by atoms with E-state index in [9.17, 15) is 9.59 Å². The summed E-state index contributed by atoms with van der Waals surface area (Å²) in [6, 6.07) is 13.4. The van der Waals surface area contributed by atoms with Gasteiger partial charge in [-0.1, -0.05) is 48.0 Å². The quantitative estimate of drug-likeness (QED) is 0.578. The van der Waals surface area contributed by atoms with Crippen LogP contribution >= 0.6 is 0 Å². The number of carbonyl (C=O) groups is 2. The summed E-state index contributed by atoms with van der Waals surface area (Å²) in [5.74, 6) is -0.861. The molecule has 0 heterocycles. The van der Waals surface area contributed by atoms with Gasteiger partial charge in [-0.2, -0.15) is 0 Å². The van der Waals surface area contributed by atoms with Crippen LogP contribution in [0.25, 0.3) is 17.2 Å². The van der Waals surface area contributed by atoms with Crippen molar-refractivity contribution in [2.24, 2.45) is 0 Å². The van der Waals surface area contributed by atoms with E-state index in [1.54, 1.807) is 26.0 Å². The minimum absolute atomic E-state index is 0.280. The first-order valence-electron chi connectivity index (χ1n) is 8.28. The molecule has 2 rings (SSSR count). The van der Waals surface area contributed by atoms with Crippen LogP contribution in [0.1, 0.15) is 35.3 Å². The Morgan fingerprint density at radius 2 is 1.64 bits per heavy atom. The number of esters is 2. The second kappa shape index (κ2) is 8.83. The van der Waals surface area contributed by atoms with Gasteiger partial charge < -0.3 is 9.47 Å². The lowest BCUT2D eigenvalue weighted by Crippen LogP contribution is -2.09. The zero-order valence-corrected chi connectivity index (χ0v) is 14.7. The van der Waals surface area contributed by atoms with Crippen LogP contribution in [0.15, 0.2) is 48.5 Å². The van der Waals surface area contributed by atoms with Gasteiger partial charge in [0.2, 0.25) is 0 Å². The number of benzene rings is 2. The SMILES string of the molecule is CCOC(=O)C=Cc1cccc(-c2ccc(C)cc2)c1C(=O)OCC. The van der Waals surface area contributed by atoms with Crippen LogP contribution in [-0.2, 0) is 14.3 Å². The van der Waals surface area contributed by atoms with E-state index in [2.05, 4.69) is 0 Å². The summed E-state index contributed by atoms with van der Waals surface area (Å²) in [5.41, 5.74) is 3.88. The molecule has 0 fully saturated rings. The lowest BCUT2D eigenvalue weighted by atomic mass is 9.94. The summed E-state index contributed by atoms with van der Waals surface area (Å²) in [6.45, 7) is 6.10. The number of rotatable bonds is 6. The Labute approximate surface area is 148 Å². The summed E-state index contributed by atoms with van der Waals surface area (Å²) in [7, 11) is 0. The molecular weight excluding hydrogens is 316 g/mol. The van der Waals surface area contributed by atoms with Crippen LogP contribution in [0.2, 0.25) is 0 Å². The Kier molecular flexibility index (Phi) is 6.52. The van der Waals surface area contributed by atoms with Crippen LogP contribution in [0.3, 0.4) is 0 Å². The van der Waals surface area contributed by atoms with Gasteiger partial charge in [-0.05, 0) is 43.5 Å². The van der Waals surface area contributed by atoms with Crippen molar-refractivity contribution < 1.29 is 19.1 Å². The van der Waals surface area contributed by atoms with Gasteiger partial charge in [0.15, 0.2) is 0 Å². The highest BCUT2D eigenvalue weighted by atomic mass is 16.5. The third kappa shape index (κ3) is 4.80. The van der Waals surface area contributed by atoms with Gasteiger partial charge in [0.25, 0.3) is 0 Å². The van der Waals surface area contributed by atoms with Crippen LogP contribution in [-0.4, -0.2) is 25.2 Å². The van der Waals surface area contributed by atoms with Crippen molar-refractivity contribution in [1.29, 1.82) is 0 Å². The van der Waals surface area contributed by atoms with Crippen LogP contribution in [0, 0.1) is 6.92 Å². The molecule has 130 valence electrons. The maximum absolute atomic E-state index is 12.5. The number of carbonyl (C=O) groups excluding carboxylic acids is 2. The van der Waals surface area contributed by atoms with Crippen molar-refractivity contribution in [3.05, 3.63) is 65.2 Å². The standard InChI is InChI=1S/C21H22O4/c1-4-24-19(22)14-13-17-7-6-8-18(20(17)21(23)25-5-2)16-11-9-15(3)10-12-16/h6-14H,4-5H2,1-3H3. The van der Waals surface area contributed by atoms with Gasteiger partial charge in [0.05, 0.1) is 18.8 Å². The molecule has 0 aromatic heterocycles. The van der Waals surface area contributed by atoms with Crippen molar-refractivity contribution in [1.82, 2.24) is 0 Å². The Balaban J connectivity index is 2.52. The van der Waals surface area contributed by atoms with Crippen molar-refractivity contribution in [2.75, 3.05) is 13.2 Å². The molecular formula is C21H22O4. The summed E-state index contributed by atoms with van der Waals surface area (Å²) < 4.78 is 10.1. The molecule has 4 nitrogen and oxygen atoms in total.